The summed E-state index contributed by atoms with van der Waals surface area (Å²) in [4.78, 5) is 25.1. The summed E-state index contributed by atoms with van der Waals surface area (Å²) >= 11 is 1.47. The molecule has 0 aliphatic rings. The van der Waals surface area contributed by atoms with Crippen molar-refractivity contribution >= 4 is 28.5 Å². The Balaban J connectivity index is 2.38. The van der Waals surface area contributed by atoms with Crippen molar-refractivity contribution in [3.05, 3.63) is 64.5 Å². The molecule has 5 heteroatoms. The largest absolute Gasteiger partial charge is 0.465 e. The Morgan fingerprint density at radius 2 is 1.70 bits per heavy atom. The van der Waals surface area contributed by atoms with E-state index in [-0.39, 0.29) is 0 Å². The number of fused-ring (bicyclic) bond motifs is 1. The van der Waals surface area contributed by atoms with Gasteiger partial charge in [0.1, 0.15) is 0 Å². The predicted molar refractivity (Wildman–Crippen MR) is 91.0 cm³/mol. The van der Waals surface area contributed by atoms with Crippen LogP contribution in [0.2, 0.25) is 0 Å². The second-order valence-electron chi connectivity index (χ2n) is 4.83. The summed E-state index contributed by atoms with van der Waals surface area (Å²) in [5.74, 6) is -0.0781. The molecule has 0 radical (unpaired) electrons. The van der Waals surface area contributed by atoms with Gasteiger partial charge in [-0.1, -0.05) is 36.4 Å². The van der Waals surface area contributed by atoms with Gasteiger partial charge in [-0.15, -0.1) is 11.8 Å². The first kappa shape index (κ1) is 15.4. The molecule has 4 nitrogen and oxygen atoms in total. The van der Waals surface area contributed by atoms with Gasteiger partial charge in [0, 0.05) is 10.9 Å². The van der Waals surface area contributed by atoms with Crippen LogP contribution in [0, 0.1) is 0 Å². The summed E-state index contributed by atoms with van der Waals surface area (Å²) in [6.45, 7) is 0. The number of ether oxygens (including phenoxy) is 1. The Morgan fingerprint density at radius 3 is 2.39 bits per heavy atom. The number of rotatable bonds is 3. The van der Waals surface area contributed by atoms with Crippen LogP contribution in [-0.2, 0) is 4.74 Å². The molecule has 0 atom stereocenters. The summed E-state index contributed by atoms with van der Waals surface area (Å²) in [6.07, 6.45) is 1.91. The van der Waals surface area contributed by atoms with Gasteiger partial charge in [0.2, 0.25) is 0 Å². The molecule has 3 rings (SSSR count). The summed E-state index contributed by atoms with van der Waals surface area (Å²) in [6, 6.07) is 14.2. The smallest absolute Gasteiger partial charge is 0.344 e. The first-order valence-corrected chi connectivity index (χ1v) is 8.17. The van der Waals surface area contributed by atoms with Crippen LogP contribution in [0.4, 0.5) is 0 Å². The van der Waals surface area contributed by atoms with Gasteiger partial charge in [-0.2, -0.15) is 0 Å². The molecule has 0 fully saturated rings. The van der Waals surface area contributed by atoms with E-state index in [0.29, 0.717) is 22.3 Å². The van der Waals surface area contributed by atoms with Crippen molar-refractivity contribution in [3.8, 4) is 11.3 Å². The van der Waals surface area contributed by atoms with E-state index >= 15 is 0 Å². The zero-order valence-corrected chi connectivity index (χ0v) is 13.5. The lowest BCUT2D eigenvalue weighted by molar-refractivity contribution is 0.0601. The Hall–Kier alpha value is -2.53. The molecule has 0 amide bonds. The number of benzene rings is 2. The molecular weight excluding hydrogens is 312 g/mol. The van der Waals surface area contributed by atoms with E-state index in [2.05, 4.69) is 0 Å². The third kappa shape index (κ3) is 2.64. The number of hydrogen-bond donors (Lipinski definition) is 0. The molecule has 23 heavy (non-hydrogen) atoms. The summed E-state index contributed by atoms with van der Waals surface area (Å²) in [7, 11) is 1.32. The lowest BCUT2D eigenvalue weighted by Crippen LogP contribution is -2.06. The molecule has 0 aliphatic heterocycles. The van der Waals surface area contributed by atoms with E-state index in [1.54, 1.807) is 36.4 Å². The second kappa shape index (κ2) is 6.30. The summed E-state index contributed by atoms with van der Waals surface area (Å²) < 4.78 is 10.4. The van der Waals surface area contributed by atoms with E-state index < -0.39 is 11.6 Å². The average molecular weight is 326 g/mol. The minimum atomic E-state index is -0.469. The minimum absolute atomic E-state index is 0.365. The van der Waals surface area contributed by atoms with E-state index in [0.717, 1.165) is 10.3 Å². The normalized spacial score (nSPS) is 10.7. The van der Waals surface area contributed by atoms with Crippen LogP contribution >= 0.6 is 11.8 Å². The van der Waals surface area contributed by atoms with Gasteiger partial charge in [-0.3, -0.25) is 0 Å². The van der Waals surface area contributed by atoms with Crippen molar-refractivity contribution in [1.29, 1.82) is 0 Å². The lowest BCUT2D eigenvalue weighted by Gasteiger charge is -2.12. The van der Waals surface area contributed by atoms with Crippen molar-refractivity contribution < 1.29 is 13.9 Å². The first-order valence-electron chi connectivity index (χ1n) is 6.95. The van der Waals surface area contributed by atoms with Crippen LogP contribution < -0.4 is 5.63 Å². The van der Waals surface area contributed by atoms with Gasteiger partial charge in [0.05, 0.1) is 23.0 Å². The number of thioether (sulfide) groups is 1. The third-order valence-electron chi connectivity index (χ3n) is 3.57. The highest BCUT2D eigenvalue weighted by atomic mass is 32.2. The molecule has 1 heterocycles. The molecule has 116 valence electrons. The average Bonchev–Trinajstić information content (AvgIpc) is 2.61. The van der Waals surface area contributed by atoms with Crippen LogP contribution in [0.5, 0.6) is 0 Å². The van der Waals surface area contributed by atoms with E-state index in [9.17, 15) is 9.59 Å². The molecule has 2 aromatic carbocycles. The van der Waals surface area contributed by atoms with Crippen LogP contribution in [0.3, 0.4) is 0 Å². The lowest BCUT2D eigenvalue weighted by atomic mass is 10.0. The van der Waals surface area contributed by atoms with E-state index in [4.69, 9.17) is 9.15 Å². The van der Waals surface area contributed by atoms with Gasteiger partial charge in [0.25, 0.3) is 0 Å². The van der Waals surface area contributed by atoms with Crippen LogP contribution in [0.25, 0.3) is 22.1 Å². The molecule has 0 saturated carbocycles. The molecule has 3 aromatic rings. The Kier molecular flexibility index (Phi) is 4.21. The molecule has 0 aliphatic carbocycles. The fourth-order valence-corrected chi connectivity index (χ4v) is 3.26. The van der Waals surface area contributed by atoms with Gasteiger partial charge in [-0.25, -0.2) is 9.59 Å². The SMILES string of the molecule is COC(=O)c1ccccc1-c1oc(=O)c2ccccc2c1SC. The highest BCUT2D eigenvalue weighted by Gasteiger charge is 2.20. The quantitative estimate of drug-likeness (QED) is 0.538. The van der Waals surface area contributed by atoms with Crippen molar-refractivity contribution in [2.45, 2.75) is 4.90 Å². The van der Waals surface area contributed by atoms with Crippen LogP contribution in [0.15, 0.2) is 62.6 Å². The fraction of sp³-hybridized carbons (Fsp3) is 0.111. The van der Waals surface area contributed by atoms with Crippen molar-refractivity contribution in [3.63, 3.8) is 0 Å². The van der Waals surface area contributed by atoms with Gasteiger partial charge < -0.3 is 9.15 Å². The first-order chi connectivity index (χ1) is 11.2. The van der Waals surface area contributed by atoms with Gasteiger partial charge in [0.15, 0.2) is 5.76 Å². The van der Waals surface area contributed by atoms with Gasteiger partial charge >= 0.3 is 11.6 Å². The maximum atomic E-state index is 12.3. The monoisotopic (exact) mass is 326 g/mol. The number of methoxy groups -OCH3 is 1. The van der Waals surface area contributed by atoms with Crippen molar-refractivity contribution in [2.24, 2.45) is 0 Å². The maximum absolute atomic E-state index is 12.3. The highest BCUT2D eigenvalue weighted by Crippen LogP contribution is 2.36. The zero-order valence-electron chi connectivity index (χ0n) is 12.7. The summed E-state index contributed by atoms with van der Waals surface area (Å²) in [5.41, 5.74) is 0.489. The molecular formula is C18H14O4S. The number of esters is 1. The van der Waals surface area contributed by atoms with Crippen LogP contribution in [-0.4, -0.2) is 19.3 Å². The molecule has 0 N–H and O–H groups in total. The number of carbonyl (C=O) groups excluding carboxylic acids is 1. The van der Waals surface area contributed by atoms with Crippen molar-refractivity contribution in [2.75, 3.05) is 13.4 Å². The molecule has 0 bridgehead atoms. The standard InChI is InChI=1S/C18H14O4S/c1-21-17(19)13-9-5-3-7-11(13)15-16(23-2)12-8-4-6-10-14(12)18(20)22-15/h3-10H,1-2H3. The molecule has 0 unspecified atom stereocenters. The molecule has 0 saturated heterocycles. The second-order valence-corrected chi connectivity index (χ2v) is 5.65. The van der Waals surface area contributed by atoms with E-state index in [1.807, 2.05) is 18.4 Å². The topological polar surface area (TPSA) is 56.5 Å². The maximum Gasteiger partial charge on any atom is 0.344 e. The molecule has 1 aromatic heterocycles. The third-order valence-corrected chi connectivity index (χ3v) is 4.39. The summed E-state index contributed by atoms with van der Waals surface area (Å²) in [5, 5.41) is 1.34. The Morgan fingerprint density at radius 1 is 1.04 bits per heavy atom. The van der Waals surface area contributed by atoms with Crippen molar-refractivity contribution in [1.82, 2.24) is 0 Å². The van der Waals surface area contributed by atoms with Gasteiger partial charge in [-0.05, 0) is 18.4 Å². The predicted octanol–water partition coefficient (Wildman–Crippen LogP) is 3.97. The Labute approximate surface area is 137 Å². The molecule has 0 spiro atoms. The number of hydrogen-bond acceptors (Lipinski definition) is 5. The fourth-order valence-electron chi connectivity index (χ4n) is 2.52. The highest BCUT2D eigenvalue weighted by molar-refractivity contribution is 7.99. The Bertz CT molecular complexity index is 943. The van der Waals surface area contributed by atoms with Crippen LogP contribution in [0.1, 0.15) is 10.4 Å². The zero-order chi connectivity index (χ0) is 16.4. The van der Waals surface area contributed by atoms with E-state index in [1.165, 1.54) is 18.9 Å². The minimum Gasteiger partial charge on any atom is -0.465 e. The number of carbonyl (C=O) groups is 1.